The van der Waals surface area contributed by atoms with Crippen LogP contribution >= 0.6 is 0 Å². The standard InChI is InChI=1S/C12H15N/c1-12(2,3)10-7-9-13-8-5-4-6-11(10)13/h4-9H,1-3H3. The van der Waals surface area contributed by atoms with Crippen LogP contribution in [-0.4, -0.2) is 4.40 Å². The van der Waals surface area contributed by atoms with Crippen molar-refractivity contribution in [2.24, 2.45) is 0 Å². The van der Waals surface area contributed by atoms with E-state index in [1.165, 1.54) is 11.1 Å². The molecule has 13 heavy (non-hydrogen) atoms. The van der Waals surface area contributed by atoms with Crippen LogP contribution in [0.3, 0.4) is 0 Å². The summed E-state index contributed by atoms with van der Waals surface area (Å²) in [4.78, 5) is 0. The van der Waals surface area contributed by atoms with Gasteiger partial charge in [-0.15, -0.1) is 0 Å². The maximum Gasteiger partial charge on any atom is 0.0487 e. The third-order valence-corrected chi connectivity index (χ3v) is 2.38. The van der Waals surface area contributed by atoms with Gasteiger partial charge in [0.2, 0.25) is 0 Å². The molecule has 2 aromatic heterocycles. The normalized spacial score (nSPS) is 12.2. The molecule has 2 heterocycles. The Kier molecular flexibility index (Phi) is 1.69. The highest BCUT2D eigenvalue weighted by Gasteiger charge is 2.16. The Morgan fingerprint density at radius 3 is 2.46 bits per heavy atom. The molecule has 0 saturated heterocycles. The zero-order valence-corrected chi connectivity index (χ0v) is 8.41. The monoisotopic (exact) mass is 173 g/mol. The van der Waals surface area contributed by atoms with E-state index >= 15 is 0 Å². The van der Waals surface area contributed by atoms with Crippen molar-refractivity contribution >= 4 is 5.52 Å². The van der Waals surface area contributed by atoms with E-state index in [2.05, 4.69) is 61.8 Å². The molecule has 1 heteroatoms. The predicted molar refractivity (Wildman–Crippen MR) is 56.1 cm³/mol. The van der Waals surface area contributed by atoms with Crippen molar-refractivity contribution in [1.29, 1.82) is 0 Å². The number of fused-ring (bicyclic) bond motifs is 1. The average molecular weight is 173 g/mol. The second kappa shape index (κ2) is 2.63. The zero-order valence-electron chi connectivity index (χ0n) is 8.41. The van der Waals surface area contributed by atoms with Crippen molar-refractivity contribution in [3.63, 3.8) is 0 Å². The van der Waals surface area contributed by atoms with Gasteiger partial charge in [0.25, 0.3) is 0 Å². The van der Waals surface area contributed by atoms with E-state index in [4.69, 9.17) is 0 Å². The summed E-state index contributed by atoms with van der Waals surface area (Å²) in [7, 11) is 0. The second-order valence-electron chi connectivity index (χ2n) is 4.47. The van der Waals surface area contributed by atoms with Gasteiger partial charge in [-0.2, -0.15) is 0 Å². The molecular weight excluding hydrogens is 158 g/mol. The Labute approximate surface area is 79.0 Å². The summed E-state index contributed by atoms with van der Waals surface area (Å²) in [6.45, 7) is 6.74. The van der Waals surface area contributed by atoms with Gasteiger partial charge in [0, 0.05) is 17.9 Å². The fraction of sp³-hybridized carbons (Fsp3) is 0.333. The summed E-state index contributed by atoms with van der Waals surface area (Å²) in [6.07, 6.45) is 4.21. The van der Waals surface area contributed by atoms with E-state index in [1.54, 1.807) is 0 Å². The van der Waals surface area contributed by atoms with Crippen LogP contribution in [0.25, 0.3) is 5.52 Å². The first kappa shape index (κ1) is 8.36. The van der Waals surface area contributed by atoms with Gasteiger partial charge in [0.05, 0.1) is 0 Å². The number of hydrogen-bond donors (Lipinski definition) is 0. The Hall–Kier alpha value is -1.24. The first-order valence-corrected chi connectivity index (χ1v) is 4.65. The summed E-state index contributed by atoms with van der Waals surface area (Å²) in [6, 6.07) is 8.51. The molecule has 2 aromatic rings. The van der Waals surface area contributed by atoms with Crippen molar-refractivity contribution in [1.82, 2.24) is 4.40 Å². The van der Waals surface area contributed by atoms with E-state index in [0.717, 1.165) is 0 Å². The van der Waals surface area contributed by atoms with Crippen LogP contribution in [0.4, 0.5) is 0 Å². The molecule has 0 amide bonds. The van der Waals surface area contributed by atoms with Crippen molar-refractivity contribution in [2.45, 2.75) is 26.2 Å². The largest absolute Gasteiger partial charge is 0.324 e. The molecule has 0 fully saturated rings. The zero-order chi connectivity index (χ0) is 9.47. The van der Waals surface area contributed by atoms with Crippen LogP contribution in [0.1, 0.15) is 26.3 Å². The lowest BCUT2D eigenvalue weighted by Gasteiger charge is -2.17. The van der Waals surface area contributed by atoms with E-state index in [9.17, 15) is 0 Å². The van der Waals surface area contributed by atoms with Gasteiger partial charge in [0.15, 0.2) is 0 Å². The SMILES string of the molecule is CC(C)(C)c1ccn2ccccc12. The van der Waals surface area contributed by atoms with E-state index < -0.39 is 0 Å². The van der Waals surface area contributed by atoms with Crippen LogP contribution in [0, 0.1) is 0 Å². The van der Waals surface area contributed by atoms with Gasteiger partial charge < -0.3 is 4.40 Å². The second-order valence-corrected chi connectivity index (χ2v) is 4.47. The lowest BCUT2D eigenvalue weighted by atomic mass is 9.88. The lowest BCUT2D eigenvalue weighted by molar-refractivity contribution is 0.596. The minimum atomic E-state index is 0.232. The van der Waals surface area contributed by atoms with Crippen LogP contribution in [-0.2, 0) is 5.41 Å². The molecule has 0 aliphatic heterocycles. The molecule has 2 rings (SSSR count). The molecule has 0 bridgehead atoms. The van der Waals surface area contributed by atoms with Gasteiger partial charge in [-0.3, -0.25) is 0 Å². The summed E-state index contributed by atoms with van der Waals surface area (Å²) in [5.41, 5.74) is 2.96. The Morgan fingerprint density at radius 1 is 1.00 bits per heavy atom. The molecule has 0 saturated carbocycles. The number of hydrogen-bond acceptors (Lipinski definition) is 0. The highest BCUT2D eigenvalue weighted by atomic mass is 14.9. The Morgan fingerprint density at radius 2 is 1.77 bits per heavy atom. The van der Waals surface area contributed by atoms with Crippen LogP contribution in [0.5, 0.6) is 0 Å². The minimum absolute atomic E-state index is 0.232. The summed E-state index contributed by atoms with van der Waals surface area (Å²) in [5, 5.41) is 0. The molecule has 0 aliphatic rings. The topological polar surface area (TPSA) is 4.41 Å². The molecule has 68 valence electrons. The number of pyridine rings is 1. The number of aromatic nitrogens is 1. The Balaban J connectivity index is 2.72. The van der Waals surface area contributed by atoms with Gasteiger partial charge in [-0.1, -0.05) is 26.8 Å². The van der Waals surface area contributed by atoms with E-state index in [-0.39, 0.29) is 5.41 Å². The maximum absolute atomic E-state index is 2.25. The third-order valence-electron chi connectivity index (χ3n) is 2.38. The number of nitrogens with zero attached hydrogens (tertiary/aromatic N) is 1. The first-order chi connectivity index (χ1) is 6.09. The third kappa shape index (κ3) is 1.35. The van der Waals surface area contributed by atoms with Crippen LogP contribution in [0.15, 0.2) is 36.7 Å². The first-order valence-electron chi connectivity index (χ1n) is 4.65. The van der Waals surface area contributed by atoms with Gasteiger partial charge in [-0.05, 0) is 29.2 Å². The molecule has 0 spiro atoms. The molecule has 1 nitrogen and oxygen atoms in total. The van der Waals surface area contributed by atoms with Gasteiger partial charge in [0.1, 0.15) is 0 Å². The highest BCUT2D eigenvalue weighted by molar-refractivity contribution is 5.58. The van der Waals surface area contributed by atoms with E-state index in [0.29, 0.717) is 0 Å². The van der Waals surface area contributed by atoms with Crippen molar-refractivity contribution in [3.8, 4) is 0 Å². The molecule has 0 N–H and O–H groups in total. The van der Waals surface area contributed by atoms with Gasteiger partial charge in [-0.25, -0.2) is 0 Å². The quantitative estimate of drug-likeness (QED) is 0.576. The lowest BCUT2D eigenvalue weighted by Crippen LogP contribution is -2.10. The molecule has 0 atom stereocenters. The van der Waals surface area contributed by atoms with E-state index in [1.807, 2.05) is 0 Å². The maximum atomic E-state index is 2.25. The summed E-state index contributed by atoms with van der Waals surface area (Å²) >= 11 is 0. The van der Waals surface area contributed by atoms with Crippen molar-refractivity contribution in [2.75, 3.05) is 0 Å². The molecule has 0 aliphatic carbocycles. The highest BCUT2D eigenvalue weighted by Crippen LogP contribution is 2.26. The summed E-state index contributed by atoms with van der Waals surface area (Å²) < 4.78 is 2.17. The van der Waals surface area contributed by atoms with Gasteiger partial charge >= 0.3 is 0 Å². The van der Waals surface area contributed by atoms with Crippen molar-refractivity contribution in [3.05, 3.63) is 42.2 Å². The average Bonchev–Trinajstić information content (AvgIpc) is 2.45. The predicted octanol–water partition coefficient (Wildman–Crippen LogP) is 3.24. The van der Waals surface area contributed by atoms with Crippen LogP contribution < -0.4 is 0 Å². The summed E-state index contributed by atoms with van der Waals surface area (Å²) in [5.74, 6) is 0. The molecule has 0 radical (unpaired) electrons. The van der Waals surface area contributed by atoms with Crippen molar-refractivity contribution < 1.29 is 0 Å². The smallest absolute Gasteiger partial charge is 0.0487 e. The minimum Gasteiger partial charge on any atom is -0.324 e. The molecule has 0 unspecified atom stereocenters. The molecule has 0 aromatic carbocycles. The number of rotatable bonds is 0. The van der Waals surface area contributed by atoms with Crippen LogP contribution in [0.2, 0.25) is 0 Å². The Bertz CT molecular complexity index is 418. The fourth-order valence-electron chi connectivity index (χ4n) is 1.69. The fourth-order valence-corrected chi connectivity index (χ4v) is 1.69. The molecular formula is C12H15N.